The Morgan fingerprint density at radius 3 is 2.68 bits per heavy atom. The van der Waals surface area contributed by atoms with Gasteiger partial charge in [-0.15, -0.1) is 0 Å². The van der Waals surface area contributed by atoms with Crippen molar-refractivity contribution in [2.75, 3.05) is 13.1 Å². The summed E-state index contributed by atoms with van der Waals surface area (Å²) in [6.45, 7) is 1.66. The largest absolute Gasteiger partial charge is 0.489 e. The van der Waals surface area contributed by atoms with Gasteiger partial charge in [0.05, 0.1) is 6.20 Å². The van der Waals surface area contributed by atoms with Gasteiger partial charge < -0.3 is 9.64 Å². The lowest BCUT2D eigenvalue weighted by molar-refractivity contribution is -0.133. The number of piperidine rings is 1. The van der Waals surface area contributed by atoms with Crippen molar-refractivity contribution in [3.8, 4) is 5.75 Å². The molecule has 1 saturated carbocycles. The normalized spacial score (nSPS) is 20.3. The van der Waals surface area contributed by atoms with Crippen LogP contribution in [0.4, 0.5) is 0 Å². The summed E-state index contributed by atoms with van der Waals surface area (Å²) >= 11 is 0. The lowest BCUT2D eigenvalue weighted by atomic mass is 10.0. The van der Waals surface area contributed by atoms with E-state index in [-0.39, 0.29) is 6.10 Å². The summed E-state index contributed by atoms with van der Waals surface area (Å²) in [5.41, 5.74) is 0. The van der Waals surface area contributed by atoms with Crippen LogP contribution < -0.4 is 4.74 Å². The van der Waals surface area contributed by atoms with Gasteiger partial charge in [0, 0.05) is 38.5 Å². The highest BCUT2D eigenvalue weighted by atomic mass is 16.5. The van der Waals surface area contributed by atoms with E-state index in [1.165, 1.54) is 25.7 Å². The molecule has 2 heterocycles. The third kappa shape index (κ3) is 4.21. The maximum atomic E-state index is 12.3. The van der Waals surface area contributed by atoms with Crippen LogP contribution in [0, 0.1) is 5.92 Å². The van der Waals surface area contributed by atoms with Crippen molar-refractivity contribution in [2.24, 2.45) is 5.92 Å². The number of aromatic nitrogens is 1. The molecule has 120 valence electrons. The fraction of sp³-hybridized carbons (Fsp3) is 0.667. The summed E-state index contributed by atoms with van der Waals surface area (Å²) in [5.74, 6) is 1.97. The van der Waals surface area contributed by atoms with E-state index in [0.717, 1.165) is 50.4 Å². The first kappa shape index (κ1) is 15.3. The Morgan fingerprint density at radius 1 is 1.23 bits per heavy atom. The van der Waals surface area contributed by atoms with E-state index in [0.29, 0.717) is 5.91 Å². The quantitative estimate of drug-likeness (QED) is 0.837. The van der Waals surface area contributed by atoms with E-state index in [4.69, 9.17) is 4.74 Å². The topological polar surface area (TPSA) is 42.4 Å². The van der Waals surface area contributed by atoms with Gasteiger partial charge in [0.15, 0.2) is 0 Å². The molecule has 1 aliphatic carbocycles. The molecule has 0 atom stereocenters. The van der Waals surface area contributed by atoms with E-state index < -0.39 is 0 Å². The van der Waals surface area contributed by atoms with Crippen molar-refractivity contribution in [3.63, 3.8) is 0 Å². The molecule has 0 radical (unpaired) electrons. The highest BCUT2D eigenvalue weighted by Crippen LogP contribution is 2.29. The maximum Gasteiger partial charge on any atom is 0.222 e. The van der Waals surface area contributed by atoms with Crippen LogP contribution in [0.2, 0.25) is 0 Å². The van der Waals surface area contributed by atoms with Crippen molar-refractivity contribution in [2.45, 2.75) is 57.5 Å². The fourth-order valence-electron chi connectivity index (χ4n) is 3.62. The molecule has 0 unspecified atom stereocenters. The van der Waals surface area contributed by atoms with Gasteiger partial charge in [-0.25, -0.2) is 0 Å². The summed E-state index contributed by atoms with van der Waals surface area (Å²) in [6.07, 6.45) is 12.7. The molecule has 2 fully saturated rings. The van der Waals surface area contributed by atoms with Crippen LogP contribution in [0.5, 0.6) is 5.75 Å². The van der Waals surface area contributed by atoms with Crippen LogP contribution in [-0.2, 0) is 4.79 Å². The van der Waals surface area contributed by atoms with Gasteiger partial charge in [-0.1, -0.05) is 25.7 Å². The molecule has 1 aliphatic heterocycles. The van der Waals surface area contributed by atoms with Crippen molar-refractivity contribution in [1.29, 1.82) is 0 Å². The molecule has 4 heteroatoms. The number of carbonyl (C=O) groups excluding carboxylic acids is 1. The molecule has 0 spiro atoms. The number of ether oxygens (including phenoxy) is 1. The summed E-state index contributed by atoms with van der Waals surface area (Å²) in [6, 6.07) is 3.82. The van der Waals surface area contributed by atoms with Crippen LogP contribution in [0.1, 0.15) is 51.4 Å². The number of amides is 1. The van der Waals surface area contributed by atoms with Crippen molar-refractivity contribution >= 4 is 5.91 Å². The number of rotatable bonds is 5. The minimum absolute atomic E-state index is 0.211. The summed E-state index contributed by atoms with van der Waals surface area (Å²) < 4.78 is 5.92. The predicted molar refractivity (Wildman–Crippen MR) is 85.7 cm³/mol. The lowest BCUT2D eigenvalue weighted by Gasteiger charge is -2.32. The zero-order valence-corrected chi connectivity index (χ0v) is 13.2. The molecule has 22 heavy (non-hydrogen) atoms. The summed E-state index contributed by atoms with van der Waals surface area (Å²) in [7, 11) is 0. The van der Waals surface area contributed by atoms with Gasteiger partial charge in [-0.3, -0.25) is 9.78 Å². The second-order valence-corrected chi connectivity index (χ2v) is 6.58. The van der Waals surface area contributed by atoms with E-state index in [9.17, 15) is 4.79 Å². The number of nitrogens with zero attached hydrogens (tertiary/aromatic N) is 2. The van der Waals surface area contributed by atoms with Crippen molar-refractivity contribution < 1.29 is 9.53 Å². The summed E-state index contributed by atoms with van der Waals surface area (Å²) in [4.78, 5) is 18.4. The number of pyridine rings is 1. The number of hydrogen-bond donors (Lipinski definition) is 0. The third-order valence-corrected chi connectivity index (χ3v) is 4.97. The minimum atomic E-state index is 0.211. The number of likely N-dealkylation sites (tertiary alicyclic amines) is 1. The first-order valence-electron chi connectivity index (χ1n) is 8.66. The molecule has 2 aliphatic rings. The maximum absolute atomic E-state index is 12.3. The highest BCUT2D eigenvalue weighted by molar-refractivity contribution is 5.76. The number of carbonyl (C=O) groups is 1. The van der Waals surface area contributed by atoms with Gasteiger partial charge in [-0.2, -0.15) is 0 Å². The smallest absolute Gasteiger partial charge is 0.222 e. The van der Waals surface area contributed by atoms with Crippen LogP contribution in [-0.4, -0.2) is 35.0 Å². The average Bonchev–Trinajstić information content (AvgIpc) is 3.08. The Hall–Kier alpha value is -1.58. The lowest BCUT2D eigenvalue weighted by Crippen LogP contribution is -2.41. The van der Waals surface area contributed by atoms with Gasteiger partial charge in [0.2, 0.25) is 5.91 Å². The molecule has 0 N–H and O–H groups in total. The molecular formula is C18H26N2O2. The predicted octanol–water partition coefficient (Wildman–Crippen LogP) is 3.42. The SMILES string of the molecule is O=C(CCC1CCCC1)N1CCC(Oc2cccnc2)CC1. The molecular weight excluding hydrogens is 276 g/mol. The Kier molecular flexibility index (Phi) is 5.30. The zero-order chi connectivity index (χ0) is 15.2. The molecule has 1 aromatic heterocycles. The van der Waals surface area contributed by atoms with Gasteiger partial charge >= 0.3 is 0 Å². The molecule has 1 saturated heterocycles. The second-order valence-electron chi connectivity index (χ2n) is 6.58. The minimum Gasteiger partial charge on any atom is -0.489 e. The highest BCUT2D eigenvalue weighted by Gasteiger charge is 2.25. The first-order chi connectivity index (χ1) is 10.8. The van der Waals surface area contributed by atoms with E-state index in [2.05, 4.69) is 4.98 Å². The second kappa shape index (κ2) is 7.61. The van der Waals surface area contributed by atoms with Crippen molar-refractivity contribution in [3.05, 3.63) is 24.5 Å². The Bertz CT molecular complexity index is 463. The standard InChI is InChI=1S/C18H26N2O2/c21-18(8-7-15-4-1-2-5-15)20-12-9-16(10-13-20)22-17-6-3-11-19-14-17/h3,6,11,14-16H,1-2,4-5,7-10,12-13H2. The molecule has 4 nitrogen and oxygen atoms in total. The number of hydrogen-bond acceptors (Lipinski definition) is 3. The van der Waals surface area contributed by atoms with Crippen LogP contribution in [0.25, 0.3) is 0 Å². The van der Waals surface area contributed by atoms with E-state index in [1.807, 2.05) is 17.0 Å². The average molecular weight is 302 g/mol. The molecule has 3 rings (SSSR count). The molecule has 0 aromatic carbocycles. The van der Waals surface area contributed by atoms with E-state index >= 15 is 0 Å². The van der Waals surface area contributed by atoms with Crippen molar-refractivity contribution in [1.82, 2.24) is 9.88 Å². The van der Waals surface area contributed by atoms with Gasteiger partial charge in [0.1, 0.15) is 11.9 Å². The first-order valence-corrected chi connectivity index (χ1v) is 8.66. The van der Waals surface area contributed by atoms with E-state index in [1.54, 1.807) is 12.4 Å². The fourth-order valence-corrected chi connectivity index (χ4v) is 3.62. The molecule has 1 amide bonds. The zero-order valence-electron chi connectivity index (χ0n) is 13.2. The Labute approximate surface area is 132 Å². The molecule has 1 aromatic rings. The third-order valence-electron chi connectivity index (χ3n) is 4.97. The van der Waals surface area contributed by atoms with Gasteiger partial charge in [-0.05, 0) is 24.5 Å². The Balaban J connectivity index is 1.38. The monoisotopic (exact) mass is 302 g/mol. The summed E-state index contributed by atoms with van der Waals surface area (Å²) in [5, 5.41) is 0. The van der Waals surface area contributed by atoms with Crippen LogP contribution in [0.15, 0.2) is 24.5 Å². The molecule has 0 bridgehead atoms. The van der Waals surface area contributed by atoms with Crippen LogP contribution >= 0.6 is 0 Å². The Morgan fingerprint density at radius 2 is 2.00 bits per heavy atom. The van der Waals surface area contributed by atoms with Gasteiger partial charge in [0.25, 0.3) is 0 Å². The van der Waals surface area contributed by atoms with Crippen LogP contribution in [0.3, 0.4) is 0 Å².